The van der Waals surface area contributed by atoms with Gasteiger partial charge in [0.2, 0.25) is 0 Å². The molecule has 0 aliphatic heterocycles. The molecule has 0 aliphatic rings. The Morgan fingerprint density at radius 2 is 2.00 bits per heavy atom. The average molecular weight is 233 g/mol. The number of ether oxygens (including phenoxy) is 1. The first kappa shape index (κ1) is 11.5. The van der Waals surface area contributed by atoms with Crippen molar-refractivity contribution in [3.63, 3.8) is 0 Å². The van der Waals surface area contributed by atoms with Gasteiger partial charge in [0.1, 0.15) is 5.75 Å². The Labute approximate surface area is 99.4 Å². The lowest BCUT2D eigenvalue weighted by molar-refractivity contribution is 0.242. The fraction of sp³-hybridized carbons (Fsp3) is 0.364. The zero-order valence-electron chi connectivity index (χ0n) is 9.87. The Balaban J connectivity index is 2.17. The zero-order valence-corrected chi connectivity index (χ0v) is 9.87. The number of nitrogens with zero attached hydrogens (tertiary/aromatic N) is 4. The van der Waals surface area contributed by atoms with Crippen molar-refractivity contribution in [1.29, 1.82) is 0 Å². The van der Waals surface area contributed by atoms with Crippen molar-refractivity contribution in [3.05, 3.63) is 30.1 Å². The second kappa shape index (κ2) is 4.92. The summed E-state index contributed by atoms with van der Waals surface area (Å²) in [5.41, 5.74) is 6.25. The van der Waals surface area contributed by atoms with Crippen molar-refractivity contribution in [1.82, 2.24) is 20.2 Å². The van der Waals surface area contributed by atoms with Crippen molar-refractivity contribution in [2.24, 2.45) is 5.73 Å². The maximum Gasteiger partial charge on any atom is 0.188 e. The molecule has 0 radical (unpaired) electrons. The maximum absolute atomic E-state index is 5.55. The molecule has 6 heteroatoms. The van der Waals surface area contributed by atoms with Crippen LogP contribution in [0.4, 0.5) is 0 Å². The summed E-state index contributed by atoms with van der Waals surface area (Å²) in [7, 11) is 0. The van der Waals surface area contributed by atoms with E-state index in [1.165, 1.54) is 4.80 Å². The molecule has 17 heavy (non-hydrogen) atoms. The first-order valence-corrected chi connectivity index (χ1v) is 5.45. The Kier molecular flexibility index (Phi) is 3.34. The molecule has 0 atom stereocenters. The third-order valence-electron chi connectivity index (χ3n) is 2.08. The van der Waals surface area contributed by atoms with Gasteiger partial charge in [0.05, 0.1) is 18.3 Å². The van der Waals surface area contributed by atoms with E-state index in [0.29, 0.717) is 5.82 Å². The second-order valence-corrected chi connectivity index (χ2v) is 3.86. The molecule has 2 aromatic rings. The molecule has 0 spiro atoms. The van der Waals surface area contributed by atoms with E-state index in [9.17, 15) is 0 Å². The van der Waals surface area contributed by atoms with E-state index in [4.69, 9.17) is 10.5 Å². The number of hydrogen-bond donors (Lipinski definition) is 1. The van der Waals surface area contributed by atoms with Crippen LogP contribution in [0.2, 0.25) is 0 Å². The third kappa shape index (κ3) is 2.79. The highest BCUT2D eigenvalue weighted by molar-refractivity contribution is 5.35. The summed E-state index contributed by atoms with van der Waals surface area (Å²) in [6, 6.07) is 7.50. The highest BCUT2D eigenvalue weighted by atomic mass is 16.5. The SMILES string of the molecule is CC(C)Oc1ccc(-n2nnc(CN)n2)cc1. The largest absolute Gasteiger partial charge is 0.491 e. The molecule has 0 fully saturated rings. The average Bonchev–Trinajstić information content (AvgIpc) is 2.78. The van der Waals surface area contributed by atoms with E-state index < -0.39 is 0 Å². The second-order valence-electron chi connectivity index (χ2n) is 3.86. The molecule has 1 aromatic heterocycles. The Morgan fingerprint density at radius 3 is 2.53 bits per heavy atom. The molecular formula is C11H15N5O. The molecule has 0 saturated carbocycles. The standard InChI is InChI=1S/C11H15N5O/c1-8(2)17-10-5-3-9(4-6-10)16-14-11(7-12)13-15-16/h3-6,8H,7,12H2,1-2H3. The van der Waals surface area contributed by atoms with Gasteiger partial charge in [-0.3, -0.25) is 0 Å². The molecule has 0 aliphatic carbocycles. The monoisotopic (exact) mass is 233 g/mol. The molecule has 6 nitrogen and oxygen atoms in total. The minimum atomic E-state index is 0.161. The minimum Gasteiger partial charge on any atom is -0.491 e. The van der Waals surface area contributed by atoms with Crippen molar-refractivity contribution < 1.29 is 4.74 Å². The molecule has 1 heterocycles. The van der Waals surface area contributed by atoms with Crippen LogP contribution in [0.1, 0.15) is 19.7 Å². The van der Waals surface area contributed by atoms with Gasteiger partial charge in [0.25, 0.3) is 0 Å². The van der Waals surface area contributed by atoms with Gasteiger partial charge in [0.15, 0.2) is 5.82 Å². The Bertz CT molecular complexity index is 477. The van der Waals surface area contributed by atoms with Crippen LogP contribution in [0.25, 0.3) is 5.69 Å². The Morgan fingerprint density at radius 1 is 1.29 bits per heavy atom. The van der Waals surface area contributed by atoms with E-state index in [1.54, 1.807) is 0 Å². The van der Waals surface area contributed by atoms with E-state index in [2.05, 4.69) is 15.4 Å². The number of rotatable bonds is 4. The molecule has 0 bridgehead atoms. The van der Waals surface area contributed by atoms with Gasteiger partial charge in [-0.25, -0.2) is 0 Å². The summed E-state index contributed by atoms with van der Waals surface area (Å²) in [6.45, 7) is 4.26. The Hall–Kier alpha value is -1.95. The first-order valence-electron chi connectivity index (χ1n) is 5.45. The van der Waals surface area contributed by atoms with Gasteiger partial charge < -0.3 is 10.5 Å². The molecular weight excluding hydrogens is 218 g/mol. The highest BCUT2D eigenvalue weighted by Crippen LogP contribution is 2.15. The van der Waals surface area contributed by atoms with E-state index in [1.807, 2.05) is 38.1 Å². The zero-order chi connectivity index (χ0) is 12.3. The third-order valence-corrected chi connectivity index (χ3v) is 2.08. The van der Waals surface area contributed by atoms with Gasteiger partial charge >= 0.3 is 0 Å². The van der Waals surface area contributed by atoms with Crippen LogP contribution < -0.4 is 10.5 Å². The van der Waals surface area contributed by atoms with Crippen LogP contribution >= 0.6 is 0 Å². The highest BCUT2D eigenvalue weighted by Gasteiger charge is 2.03. The van der Waals surface area contributed by atoms with Crippen LogP contribution in [0, 0.1) is 0 Å². The summed E-state index contributed by atoms with van der Waals surface area (Å²) in [6.07, 6.45) is 0.161. The predicted molar refractivity (Wildman–Crippen MR) is 62.8 cm³/mol. The minimum absolute atomic E-state index is 0.161. The van der Waals surface area contributed by atoms with Crippen molar-refractivity contribution in [2.75, 3.05) is 0 Å². The molecule has 90 valence electrons. The quantitative estimate of drug-likeness (QED) is 0.849. The molecule has 0 saturated heterocycles. The number of benzene rings is 1. The number of hydrogen-bond acceptors (Lipinski definition) is 5. The summed E-state index contributed by atoms with van der Waals surface area (Å²) < 4.78 is 5.55. The molecule has 2 N–H and O–H groups in total. The maximum atomic E-state index is 5.55. The lowest BCUT2D eigenvalue weighted by Gasteiger charge is -2.09. The van der Waals surface area contributed by atoms with Gasteiger partial charge in [-0.15, -0.1) is 15.0 Å². The van der Waals surface area contributed by atoms with Crippen molar-refractivity contribution in [2.45, 2.75) is 26.5 Å². The van der Waals surface area contributed by atoms with E-state index in [0.717, 1.165) is 11.4 Å². The predicted octanol–water partition coefficient (Wildman–Crippen LogP) is 0.908. The van der Waals surface area contributed by atoms with Crippen LogP contribution in [-0.4, -0.2) is 26.3 Å². The smallest absolute Gasteiger partial charge is 0.188 e. The first-order chi connectivity index (χ1) is 8.19. The van der Waals surface area contributed by atoms with Crippen LogP contribution in [-0.2, 0) is 6.54 Å². The number of tetrazole rings is 1. The molecule has 0 unspecified atom stereocenters. The molecule has 1 aromatic carbocycles. The van der Waals surface area contributed by atoms with Gasteiger partial charge in [-0.2, -0.15) is 0 Å². The summed E-state index contributed by atoms with van der Waals surface area (Å²) >= 11 is 0. The van der Waals surface area contributed by atoms with Crippen LogP contribution in [0.3, 0.4) is 0 Å². The van der Waals surface area contributed by atoms with Gasteiger partial charge in [0, 0.05) is 0 Å². The number of nitrogens with two attached hydrogens (primary N) is 1. The van der Waals surface area contributed by atoms with Crippen molar-refractivity contribution in [3.8, 4) is 11.4 Å². The van der Waals surface area contributed by atoms with Crippen LogP contribution in [0.15, 0.2) is 24.3 Å². The van der Waals surface area contributed by atoms with Crippen molar-refractivity contribution >= 4 is 0 Å². The molecule has 0 amide bonds. The van der Waals surface area contributed by atoms with E-state index >= 15 is 0 Å². The topological polar surface area (TPSA) is 78.8 Å². The fourth-order valence-electron chi connectivity index (χ4n) is 1.36. The summed E-state index contributed by atoms with van der Waals surface area (Å²) in [4.78, 5) is 1.45. The summed E-state index contributed by atoms with van der Waals surface area (Å²) in [5, 5.41) is 11.8. The lowest BCUT2D eigenvalue weighted by Crippen LogP contribution is -2.06. The summed E-state index contributed by atoms with van der Waals surface area (Å²) in [5.74, 6) is 1.34. The van der Waals surface area contributed by atoms with E-state index in [-0.39, 0.29) is 12.6 Å². The van der Waals surface area contributed by atoms with Gasteiger partial charge in [-0.1, -0.05) is 0 Å². The normalized spacial score (nSPS) is 10.8. The lowest BCUT2D eigenvalue weighted by atomic mass is 10.3. The fourth-order valence-corrected chi connectivity index (χ4v) is 1.36. The van der Waals surface area contributed by atoms with Crippen LogP contribution in [0.5, 0.6) is 5.75 Å². The van der Waals surface area contributed by atoms with Gasteiger partial charge in [-0.05, 0) is 43.3 Å². The number of aromatic nitrogens is 4. The molecule has 2 rings (SSSR count).